The molecule has 1 amide bonds. The maximum absolute atomic E-state index is 12.8. The number of aromatic amines is 1. The number of H-pyrrole nitrogens is 1. The third-order valence-corrected chi connectivity index (χ3v) is 6.00. The molecule has 1 N–H and O–H groups in total. The van der Waals surface area contributed by atoms with Gasteiger partial charge in [-0.1, -0.05) is 6.92 Å². The van der Waals surface area contributed by atoms with Crippen molar-refractivity contribution < 1.29 is 13.2 Å². The molecule has 2 heterocycles. The van der Waals surface area contributed by atoms with E-state index < -0.39 is 10.0 Å². The van der Waals surface area contributed by atoms with E-state index in [0.29, 0.717) is 38.1 Å². The van der Waals surface area contributed by atoms with Crippen molar-refractivity contribution in [3.63, 3.8) is 0 Å². The van der Waals surface area contributed by atoms with Gasteiger partial charge in [0.15, 0.2) is 0 Å². The fourth-order valence-electron chi connectivity index (χ4n) is 2.83. The van der Waals surface area contributed by atoms with Gasteiger partial charge < -0.3 is 9.88 Å². The van der Waals surface area contributed by atoms with Gasteiger partial charge in [-0.25, -0.2) is 13.4 Å². The zero-order valence-electron chi connectivity index (χ0n) is 13.2. The van der Waals surface area contributed by atoms with Crippen LogP contribution in [0.1, 0.15) is 19.2 Å². The van der Waals surface area contributed by atoms with Crippen molar-refractivity contribution in [1.82, 2.24) is 19.2 Å². The van der Waals surface area contributed by atoms with E-state index in [0.717, 1.165) is 11.3 Å². The van der Waals surface area contributed by atoms with Gasteiger partial charge in [0.05, 0.1) is 15.9 Å². The summed E-state index contributed by atoms with van der Waals surface area (Å²) >= 11 is 0. The molecule has 0 bridgehead atoms. The molecule has 0 unspecified atom stereocenters. The highest BCUT2D eigenvalue weighted by Crippen LogP contribution is 2.22. The molecular formula is C15H20N4O3S. The normalized spacial score (nSPS) is 16.9. The first-order valence-corrected chi connectivity index (χ1v) is 9.10. The summed E-state index contributed by atoms with van der Waals surface area (Å²) in [4.78, 5) is 21.0. The van der Waals surface area contributed by atoms with Crippen LogP contribution in [0.15, 0.2) is 23.1 Å². The molecule has 7 nitrogen and oxygen atoms in total. The highest BCUT2D eigenvalue weighted by Gasteiger charge is 2.29. The Morgan fingerprint density at radius 2 is 1.96 bits per heavy atom. The molecule has 1 aromatic carbocycles. The molecule has 0 atom stereocenters. The Labute approximate surface area is 135 Å². The van der Waals surface area contributed by atoms with Crippen LogP contribution in [0.5, 0.6) is 0 Å². The fourth-order valence-corrected chi connectivity index (χ4v) is 4.28. The number of piperazine rings is 1. The Morgan fingerprint density at radius 1 is 1.26 bits per heavy atom. The largest absolute Gasteiger partial charge is 0.342 e. The Morgan fingerprint density at radius 3 is 2.61 bits per heavy atom. The van der Waals surface area contributed by atoms with E-state index in [1.165, 1.54) is 4.31 Å². The standard InChI is InChI=1S/C15H20N4O3S/c1-3-15(20)18-6-8-19(9-7-18)23(21,22)12-4-5-13-14(10-12)17-11(2)16-13/h4-5,10H,3,6-9H2,1-2H3,(H,16,17). The van der Waals surface area contributed by atoms with E-state index in [-0.39, 0.29) is 10.8 Å². The Bertz CT molecular complexity index is 836. The van der Waals surface area contributed by atoms with Crippen LogP contribution in [0.25, 0.3) is 11.0 Å². The fraction of sp³-hybridized carbons (Fsp3) is 0.467. The molecule has 1 aromatic heterocycles. The number of aromatic nitrogens is 2. The molecule has 124 valence electrons. The Hall–Kier alpha value is -1.93. The number of benzene rings is 1. The number of nitrogens with zero attached hydrogens (tertiary/aromatic N) is 3. The van der Waals surface area contributed by atoms with Gasteiger partial charge in [0.2, 0.25) is 15.9 Å². The minimum absolute atomic E-state index is 0.0661. The maximum atomic E-state index is 12.8. The number of aryl methyl sites for hydroxylation is 1. The predicted octanol–water partition coefficient (Wildman–Crippen LogP) is 1.11. The van der Waals surface area contributed by atoms with Crippen molar-refractivity contribution in [2.45, 2.75) is 25.2 Å². The van der Waals surface area contributed by atoms with Gasteiger partial charge >= 0.3 is 0 Å². The Balaban J connectivity index is 1.82. The third-order valence-electron chi connectivity index (χ3n) is 4.10. The smallest absolute Gasteiger partial charge is 0.243 e. The van der Waals surface area contributed by atoms with Crippen molar-refractivity contribution >= 4 is 27.0 Å². The van der Waals surface area contributed by atoms with Crippen molar-refractivity contribution in [2.75, 3.05) is 26.2 Å². The minimum Gasteiger partial charge on any atom is -0.342 e. The summed E-state index contributed by atoms with van der Waals surface area (Å²) < 4.78 is 27.0. The summed E-state index contributed by atoms with van der Waals surface area (Å²) in [5.74, 6) is 0.817. The van der Waals surface area contributed by atoms with Crippen molar-refractivity contribution in [1.29, 1.82) is 0 Å². The predicted molar refractivity (Wildman–Crippen MR) is 86.5 cm³/mol. The molecule has 1 aliphatic heterocycles. The minimum atomic E-state index is -3.55. The molecule has 0 aliphatic carbocycles. The van der Waals surface area contributed by atoms with Gasteiger partial charge in [-0.05, 0) is 25.1 Å². The molecule has 3 rings (SSSR count). The monoisotopic (exact) mass is 336 g/mol. The van der Waals surface area contributed by atoms with Crippen LogP contribution < -0.4 is 0 Å². The van der Waals surface area contributed by atoms with Crippen LogP contribution in [0.2, 0.25) is 0 Å². The lowest BCUT2D eigenvalue weighted by Crippen LogP contribution is -2.50. The van der Waals surface area contributed by atoms with E-state index >= 15 is 0 Å². The topological polar surface area (TPSA) is 86.4 Å². The first kappa shape index (κ1) is 15.9. The summed E-state index contributed by atoms with van der Waals surface area (Å²) in [6.45, 7) is 5.18. The molecule has 0 radical (unpaired) electrons. The number of fused-ring (bicyclic) bond motifs is 1. The van der Waals surface area contributed by atoms with E-state index in [9.17, 15) is 13.2 Å². The van der Waals surface area contributed by atoms with Crippen LogP contribution in [0.4, 0.5) is 0 Å². The molecule has 0 spiro atoms. The van der Waals surface area contributed by atoms with Gasteiger partial charge in [0.25, 0.3) is 0 Å². The lowest BCUT2D eigenvalue weighted by molar-refractivity contribution is -0.132. The van der Waals surface area contributed by atoms with E-state index in [2.05, 4.69) is 9.97 Å². The van der Waals surface area contributed by atoms with Crippen LogP contribution in [0.3, 0.4) is 0 Å². The van der Waals surface area contributed by atoms with E-state index in [1.54, 1.807) is 23.1 Å². The number of nitrogens with one attached hydrogen (secondary N) is 1. The number of hydrogen-bond acceptors (Lipinski definition) is 4. The second-order valence-corrected chi connectivity index (χ2v) is 7.58. The number of imidazole rings is 1. The number of hydrogen-bond donors (Lipinski definition) is 1. The van der Waals surface area contributed by atoms with Crippen molar-refractivity contribution in [3.8, 4) is 0 Å². The van der Waals surface area contributed by atoms with Crippen molar-refractivity contribution in [2.24, 2.45) is 0 Å². The number of rotatable bonds is 3. The number of carbonyl (C=O) groups excluding carboxylic acids is 1. The molecule has 1 aliphatic rings. The Kier molecular flexibility index (Phi) is 4.11. The summed E-state index contributed by atoms with van der Waals surface area (Å²) in [6.07, 6.45) is 0.447. The quantitative estimate of drug-likeness (QED) is 0.910. The third kappa shape index (κ3) is 2.96. The highest BCUT2D eigenvalue weighted by molar-refractivity contribution is 7.89. The molecule has 1 saturated heterocycles. The number of sulfonamides is 1. The van der Waals surface area contributed by atoms with E-state index in [1.807, 2.05) is 13.8 Å². The zero-order valence-corrected chi connectivity index (χ0v) is 14.1. The highest BCUT2D eigenvalue weighted by atomic mass is 32.2. The molecular weight excluding hydrogens is 316 g/mol. The van der Waals surface area contributed by atoms with Crippen LogP contribution in [0, 0.1) is 6.92 Å². The molecule has 2 aromatic rings. The number of amides is 1. The summed E-state index contributed by atoms with van der Waals surface area (Å²) in [6, 6.07) is 4.92. The second kappa shape index (κ2) is 5.93. The molecule has 23 heavy (non-hydrogen) atoms. The van der Waals surface area contributed by atoms with Gasteiger partial charge in [0, 0.05) is 32.6 Å². The van der Waals surface area contributed by atoms with Crippen molar-refractivity contribution in [3.05, 3.63) is 24.0 Å². The second-order valence-electron chi connectivity index (χ2n) is 5.64. The summed E-state index contributed by atoms with van der Waals surface area (Å²) in [5.41, 5.74) is 1.46. The van der Waals surface area contributed by atoms with E-state index in [4.69, 9.17) is 0 Å². The average Bonchev–Trinajstić information content (AvgIpc) is 2.93. The van der Waals surface area contributed by atoms with Gasteiger partial charge in [-0.3, -0.25) is 4.79 Å². The first-order valence-electron chi connectivity index (χ1n) is 7.66. The average molecular weight is 336 g/mol. The lowest BCUT2D eigenvalue weighted by Gasteiger charge is -2.33. The van der Waals surface area contributed by atoms with Crippen LogP contribution in [-0.4, -0.2) is 59.7 Å². The number of carbonyl (C=O) groups is 1. The van der Waals surface area contributed by atoms with Crippen LogP contribution in [-0.2, 0) is 14.8 Å². The zero-order chi connectivity index (χ0) is 16.6. The SMILES string of the molecule is CCC(=O)N1CCN(S(=O)(=O)c2ccc3nc(C)[nH]c3c2)CC1. The van der Waals surface area contributed by atoms with Gasteiger partial charge in [-0.2, -0.15) is 4.31 Å². The summed E-state index contributed by atoms with van der Waals surface area (Å²) in [7, 11) is -3.55. The van der Waals surface area contributed by atoms with Gasteiger partial charge in [0.1, 0.15) is 5.82 Å². The maximum Gasteiger partial charge on any atom is 0.243 e. The molecule has 1 fully saturated rings. The molecule has 0 saturated carbocycles. The summed E-state index contributed by atoms with van der Waals surface area (Å²) in [5, 5.41) is 0. The first-order chi connectivity index (χ1) is 10.9. The van der Waals surface area contributed by atoms with Crippen LogP contribution >= 0.6 is 0 Å². The molecule has 8 heteroatoms. The lowest BCUT2D eigenvalue weighted by atomic mass is 10.3. The van der Waals surface area contributed by atoms with Gasteiger partial charge in [-0.15, -0.1) is 0 Å².